The molecule has 1 N–H and O–H groups in total. The highest BCUT2D eigenvalue weighted by molar-refractivity contribution is 9.10. The van der Waals surface area contributed by atoms with Gasteiger partial charge in [0, 0.05) is 10.9 Å². The molecule has 0 saturated heterocycles. The molecule has 0 aromatic heterocycles. The Labute approximate surface area is 134 Å². The van der Waals surface area contributed by atoms with Gasteiger partial charge < -0.3 is 14.6 Å². The summed E-state index contributed by atoms with van der Waals surface area (Å²) in [4.78, 5) is 0. The average molecular weight is 355 g/mol. The summed E-state index contributed by atoms with van der Waals surface area (Å²) in [6.07, 6.45) is 7.77. The molecule has 3 nitrogen and oxygen atoms in total. The van der Waals surface area contributed by atoms with Crippen molar-refractivity contribution >= 4 is 15.9 Å². The van der Waals surface area contributed by atoms with E-state index in [4.69, 9.17) is 9.47 Å². The van der Waals surface area contributed by atoms with Crippen LogP contribution < -0.4 is 9.47 Å². The fourth-order valence-electron chi connectivity index (χ4n) is 3.30. The summed E-state index contributed by atoms with van der Waals surface area (Å²) in [6.45, 7) is 1.36. The summed E-state index contributed by atoms with van der Waals surface area (Å²) in [5.74, 6) is 2.33. The molecule has 1 heterocycles. The maximum atomic E-state index is 10.5. The van der Waals surface area contributed by atoms with Crippen LogP contribution in [-0.2, 0) is 0 Å². The molecule has 1 atom stereocenters. The highest BCUT2D eigenvalue weighted by atomic mass is 79.9. The third-order valence-electron chi connectivity index (χ3n) is 4.55. The minimum atomic E-state index is -0.433. The van der Waals surface area contributed by atoms with E-state index in [2.05, 4.69) is 15.9 Å². The number of aliphatic hydroxyl groups excluding tert-OH is 1. The molecular weight excluding hydrogens is 332 g/mol. The number of halogens is 1. The van der Waals surface area contributed by atoms with Gasteiger partial charge in [-0.15, -0.1) is 0 Å². The van der Waals surface area contributed by atoms with Crippen molar-refractivity contribution in [1.82, 2.24) is 0 Å². The van der Waals surface area contributed by atoms with E-state index in [-0.39, 0.29) is 0 Å². The Hall–Kier alpha value is -0.740. The topological polar surface area (TPSA) is 38.7 Å². The molecule has 1 aliphatic carbocycles. The third-order valence-corrected chi connectivity index (χ3v) is 5.24. The summed E-state index contributed by atoms with van der Waals surface area (Å²) < 4.78 is 12.3. The maximum Gasteiger partial charge on any atom is 0.162 e. The van der Waals surface area contributed by atoms with Crippen molar-refractivity contribution in [3.05, 3.63) is 22.2 Å². The summed E-state index contributed by atoms with van der Waals surface area (Å²) in [7, 11) is 0. The van der Waals surface area contributed by atoms with E-state index in [0.717, 1.165) is 46.7 Å². The zero-order chi connectivity index (χ0) is 14.7. The fourth-order valence-corrected chi connectivity index (χ4v) is 3.89. The van der Waals surface area contributed by atoms with E-state index in [9.17, 15) is 5.11 Å². The van der Waals surface area contributed by atoms with Crippen molar-refractivity contribution < 1.29 is 14.6 Å². The molecule has 0 bridgehead atoms. The van der Waals surface area contributed by atoms with Crippen LogP contribution in [0.25, 0.3) is 0 Å². The van der Waals surface area contributed by atoms with Crippen molar-refractivity contribution in [2.45, 2.75) is 51.0 Å². The standard InChI is InChI=1S/C17H23BrO3/c18-14-11-17-16(20-8-3-9-21-17)10-13(14)15(19)7-6-12-4-1-2-5-12/h10-12,15,19H,1-9H2. The Bertz CT molecular complexity index is 483. The smallest absolute Gasteiger partial charge is 0.162 e. The van der Waals surface area contributed by atoms with Crippen LogP contribution in [0.5, 0.6) is 11.5 Å². The van der Waals surface area contributed by atoms with Gasteiger partial charge in [-0.2, -0.15) is 0 Å². The molecule has 2 aliphatic rings. The molecule has 3 rings (SSSR count). The Morgan fingerprint density at radius 1 is 1.10 bits per heavy atom. The van der Waals surface area contributed by atoms with E-state index in [1.165, 1.54) is 25.7 Å². The van der Waals surface area contributed by atoms with Gasteiger partial charge in [0.2, 0.25) is 0 Å². The molecule has 1 fully saturated rings. The monoisotopic (exact) mass is 354 g/mol. The van der Waals surface area contributed by atoms with Crippen LogP contribution in [0.2, 0.25) is 0 Å². The summed E-state index contributed by atoms with van der Waals surface area (Å²) >= 11 is 3.56. The lowest BCUT2D eigenvalue weighted by Crippen LogP contribution is -2.03. The first kappa shape index (κ1) is 15.2. The number of hydrogen-bond donors (Lipinski definition) is 1. The van der Waals surface area contributed by atoms with Crippen molar-refractivity contribution in [2.24, 2.45) is 5.92 Å². The fraction of sp³-hybridized carbons (Fsp3) is 0.647. The van der Waals surface area contributed by atoms with Crippen molar-refractivity contribution in [3.8, 4) is 11.5 Å². The minimum Gasteiger partial charge on any atom is -0.490 e. The Morgan fingerprint density at radius 3 is 2.48 bits per heavy atom. The Balaban J connectivity index is 1.69. The van der Waals surface area contributed by atoms with Gasteiger partial charge in [0.15, 0.2) is 11.5 Å². The normalized spacial score (nSPS) is 20.3. The average Bonchev–Trinajstić information content (AvgIpc) is 2.89. The zero-order valence-electron chi connectivity index (χ0n) is 12.3. The van der Waals surface area contributed by atoms with E-state index in [1.54, 1.807) is 0 Å². The van der Waals surface area contributed by atoms with Crippen LogP contribution in [0.4, 0.5) is 0 Å². The van der Waals surface area contributed by atoms with Gasteiger partial charge in [0.05, 0.1) is 19.3 Å². The summed E-state index contributed by atoms with van der Waals surface area (Å²) in [5, 5.41) is 10.5. The molecule has 1 unspecified atom stereocenters. The minimum absolute atomic E-state index is 0.433. The predicted molar refractivity (Wildman–Crippen MR) is 85.9 cm³/mol. The number of benzene rings is 1. The lowest BCUT2D eigenvalue weighted by molar-refractivity contribution is 0.155. The second-order valence-corrected chi connectivity index (χ2v) is 6.97. The number of fused-ring (bicyclic) bond motifs is 1. The van der Waals surface area contributed by atoms with Crippen LogP contribution in [0, 0.1) is 5.92 Å². The van der Waals surface area contributed by atoms with E-state index in [0.29, 0.717) is 13.2 Å². The van der Waals surface area contributed by atoms with Crippen molar-refractivity contribution in [1.29, 1.82) is 0 Å². The van der Waals surface area contributed by atoms with E-state index in [1.807, 2.05) is 12.1 Å². The largest absolute Gasteiger partial charge is 0.490 e. The molecule has 1 aromatic carbocycles. The molecule has 1 aromatic rings. The lowest BCUT2D eigenvalue weighted by atomic mass is 9.96. The van der Waals surface area contributed by atoms with Gasteiger partial charge in [-0.3, -0.25) is 0 Å². The van der Waals surface area contributed by atoms with Crippen LogP contribution in [0.3, 0.4) is 0 Å². The SMILES string of the molecule is OC(CCC1CCCC1)c1cc2c(cc1Br)OCCCO2. The summed E-state index contributed by atoms with van der Waals surface area (Å²) in [5.41, 5.74) is 0.914. The van der Waals surface area contributed by atoms with Crippen LogP contribution >= 0.6 is 15.9 Å². The van der Waals surface area contributed by atoms with Crippen molar-refractivity contribution in [2.75, 3.05) is 13.2 Å². The highest BCUT2D eigenvalue weighted by Crippen LogP contribution is 2.39. The highest BCUT2D eigenvalue weighted by Gasteiger charge is 2.21. The zero-order valence-corrected chi connectivity index (χ0v) is 13.9. The molecule has 4 heteroatoms. The number of rotatable bonds is 4. The van der Waals surface area contributed by atoms with Gasteiger partial charge in [-0.25, -0.2) is 0 Å². The first-order valence-electron chi connectivity index (χ1n) is 8.01. The second-order valence-electron chi connectivity index (χ2n) is 6.11. The number of aliphatic hydroxyl groups is 1. The van der Waals surface area contributed by atoms with Gasteiger partial charge >= 0.3 is 0 Å². The lowest BCUT2D eigenvalue weighted by Gasteiger charge is -2.17. The molecule has 1 aliphatic heterocycles. The molecule has 0 amide bonds. The van der Waals surface area contributed by atoms with E-state index >= 15 is 0 Å². The second kappa shape index (κ2) is 7.01. The van der Waals surface area contributed by atoms with Gasteiger partial charge in [-0.05, 0) is 36.5 Å². The maximum absolute atomic E-state index is 10.5. The molecule has 0 spiro atoms. The number of ether oxygens (including phenoxy) is 2. The Kier molecular flexibility index (Phi) is 5.07. The van der Waals surface area contributed by atoms with Crippen LogP contribution in [-0.4, -0.2) is 18.3 Å². The molecule has 1 saturated carbocycles. The summed E-state index contributed by atoms with van der Waals surface area (Å²) in [6, 6.07) is 3.86. The Morgan fingerprint density at radius 2 is 1.76 bits per heavy atom. The van der Waals surface area contributed by atoms with Crippen molar-refractivity contribution in [3.63, 3.8) is 0 Å². The van der Waals surface area contributed by atoms with Gasteiger partial charge in [-0.1, -0.05) is 41.6 Å². The number of hydrogen-bond acceptors (Lipinski definition) is 3. The van der Waals surface area contributed by atoms with Gasteiger partial charge in [0.1, 0.15) is 0 Å². The first-order chi connectivity index (χ1) is 10.2. The predicted octanol–water partition coefficient (Wildman–Crippen LogP) is 4.61. The molecule has 21 heavy (non-hydrogen) atoms. The van der Waals surface area contributed by atoms with Gasteiger partial charge in [0.25, 0.3) is 0 Å². The molecular formula is C17H23BrO3. The van der Waals surface area contributed by atoms with Crippen LogP contribution in [0.1, 0.15) is 56.6 Å². The first-order valence-corrected chi connectivity index (χ1v) is 8.80. The quantitative estimate of drug-likeness (QED) is 0.857. The molecule has 116 valence electrons. The van der Waals surface area contributed by atoms with Crippen LogP contribution in [0.15, 0.2) is 16.6 Å². The third kappa shape index (κ3) is 3.72. The van der Waals surface area contributed by atoms with E-state index < -0.39 is 6.10 Å². The molecule has 0 radical (unpaired) electrons.